The van der Waals surface area contributed by atoms with E-state index in [1.54, 1.807) is 6.07 Å². The minimum absolute atomic E-state index is 0.0917. The SMILES string of the molecule is Cc1ccc(-c2csc(NC(=O)COc3cccc([N+](=O)[O-])c3)n2)c(C)c1. The molecule has 0 aliphatic rings. The molecule has 0 fully saturated rings. The Morgan fingerprint density at radius 2 is 2.07 bits per heavy atom. The highest BCUT2D eigenvalue weighted by atomic mass is 32.1. The molecular weight excluding hydrogens is 366 g/mol. The Balaban J connectivity index is 1.61. The molecule has 0 aliphatic carbocycles. The second-order valence-corrected chi connectivity index (χ2v) is 6.81. The zero-order valence-electron chi connectivity index (χ0n) is 14.8. The van der Waals surface area contributed by atoms with Crippen molar-refractivity contribution in [1.82, 2.24) is 4.98 Å². The molecule has 0 saturated heterocycles. The molecule has 1 aromatic heterocycles. The van der Waals surface area contributed by atoms with Gasteiger partial charge in [-0.15, -0.1) is 11.3 Å². The number of aryl methyl sites for hydroxylation is 2. The quantitative estimate of drug-likeness (QED) is 0.504. The third kappa shape index (κ3) is 4.68. The highest BCUT2D eigenvalue weighted by Crippen LogP contribution is 2.28. The van der Waals surface area contributed by atoms with E-state index in [-0.39, 0.29) is 24.0 Å². The lowest BCUT2D eigenvalue weighted by Gasteiger charge is -2.06. The number of aromatic nitrogens is 1. The number of nitro groups is 1. The molecule has 138 valence electrons. The van der Waals surface area contributed by atoms with Crippen molar-refractivity contribution in [1.29, 1.82) is 0 Å². The predicted octanol–water partition coefficient (Wildman–Crippen LogP) is 4.35. The van der Waals surface area contributed by atoms with Crippen LogP contribution in [0.15, 0.2) is 47.8 Å². The molecular formula is C19H17N3O4S. The molecule has 0 spiro atoms. The monoisotopic (exact) mass is 383 g/mol. The van der Waals surface area contributed by atoms with Crippen molar-refractivity contribution >= 4 is 28.1 Å². The fraction of sp³-hybridized carbons (Fsp3) is 0.158. The first-order valence-electron chi connectivity index (χ1n) is 8.12. The molecule has 1 amide bonds. The molecule has 0 unspecified atom stereocenters. The van der Waals surface area contributed by atoms with Crippen molar-refractivity contribution in [2.45, 2.75) is 13.8 Å². The van der Waals surface area contributed by atoms with Crippen molar-refractivity contribution in [3.05, 3.63) is 69.1 Å². The van der Waals surface area contributed by atoms with Gasteiger partial charge in [0.05, 0.1) is 16.7 Å². The van der Waals surface area contributed by atoms with Gasteiger partial charge in [-0.2, -0.15) is 0 Å². The van der Waals surface area contributed by atoms with Gasteiger partial charge in [-0.25, -0.2) is 4.98 Å². The molecule has 8 heteroatoms. The Morgan fingerprint density at radius 1 is 1.26 bits per heavy atom. The summed E-state index contributed by atoms with van der Waals surface area (Å²) in [7, 11) is 0. The minimum Gasteiger partial charge on any atom is -0.484 e. The largest absolute Gasteiger partial charge is 0.484 e. The molecule has 1 N–H and O–H groups in total. The van der Waals surface area contributed by atoms with Gasteiger partial charge in [0.2, 0.25) is 0 Å². The normalized spacial score (nSPS) is 10.4. The Labute approximate surface area is 159 Å². The highest BCUT2D eigenvalue weighted by Gasteiger charge is 2.11. The van der Waals surface area contributed by atoms with Gasteiger partial charge in [0, 0.05) is 17.0 Å². The molecule has 7 nitrogen and oxygen atoms in total. The van der Waals surface area contributed by atoms with Crippen LogP contribution in [-0.4, -0.2) is 22.4 Å². The van der Waals surface area contributed by atoms with Gasteiger partial charge in [0.15, 0.2) is 11.7 Å². The number of rotatable bonds is 6. The average molecular weight is 383 g/mol. The lowest BCUT2D eigenvalue weighted by Crippen LogP contribution is -2.20. The lowest BCUT2D eigenvalue weighted by atomic mass is 10.0. The second-order valence-electron chi connectivity index (χ2n) is 5.95. The van der Waals surface area contributed by atoms with E-state index in [1.165, 1.54) is 35.1 Å². The van der Waals surface area contributed by atoms with Gasteiger partial charge in [-0.1, -0.05) is 29.8 Å². The fourth-order valence-corrected chi connectivity index (χ4v) is 3.27. The van der Waals surface area contributed by atoms with Crippen LogP contribution in [0.25, 0.3) is 11.3 Å². The number of non-ortho nitro benzene ring substituents is 1. The van der Waals surface area contributed by atoms with Gasteiger partial charge >= 0.3 is 0 Å². The molecule has 0 saturated carbocycles. The fourth-order valence-electron chi connectivity index (χ4n) is 2.55. The molecule has 27 heavy (non-hydrogen) atoms. The molecule has 0 bridgehead atoms. The molecule has 0 aliphatic heterocycles. The Morgan fingerprint density at radius 3 is 2.81 bits per heavy atom. The number of hydrogen-bond donors (Lipinski definition) is 1. The van der Waals surface area contributed by atoms with Crippen molar-refractivity contribution in [3.63, 3.8) is 0 Å². The van der Waals surface area contributed by atoms with Gasteiger partial charge in [-0.3, -0.25) is 20.2 Å². The number of ether oxygens (including phenoxy) is 1. The van der Waals surface area contributed by atoms with Crippen LogP contribution in [0.1, 0.15) is 11.1 Å². The predicted molar refractivity (Wildman–Crippen MR) is 104 cm³/mol. The third-order valence-electron chi connectivity index (χ3n) is 3.81. The maximum Gasteiger partial charge on any atom is 0.273 e. The number of benzene rings is 2. The van der Waals surface area contributed by atoms with Crippen molar-refractivity contribution < 1.29 is 14.5 Å². The van der Waals surface area contributed by atoms with Gasteiger partial charge in [-0.05, 0) is 25.5 Å². The van der Waals surface area contributed by atoms with Gasteiger partial charge in [0.1, 0.15) is 5.75 Å². The minimum atomic E-state index is -0.517. The molecule has 0 radical (unpaired) electrons. The number of nitrogens with one attached hydrogen (secondary N) is 1. The highest BCUT2D eigenvalue weighted by molar-refractivity contribution is 7.14. The number of nitro benzene ring substituents is 1. The second kappa shape index (κ2) is 7.96. The van der Waals surface area contributed by atoms with E-state index in [1.807, 2.05) is 31.4 Å². The van der Waals surface area contributed by atoms with Crippen molar-refractivity contribution in [3.8, 4) is 17.0 Å². The maximum atomic E-state index is 12.1. The van der Waals surface area contributed by atoms with E-state index in [0.717, 1.165) is 16.8 Å². The number of nitrogens with zero attached hydrogens (tertiary/aromatic N) is 2. The van der Waals surface area contributed by atoms with Crippen molar-refractivity contribution in [2.75, 3.05) is 11.9 Å². The van der Waals surface area contributed by atoms with Crippen LogP contribution in [0.5, 0.6) is 5.75 Å². The zero-order chi connectivity index (χ0) is 19.4. The molecule has 1 heterocycles. The first-order chi connectivity index (χ1) is 12.9. The summed E-state index contributed by atoms with van der Waals surface area (Å²) < 4.78 is 5.31. The standard InChI is InChI=1S/C19H17N3O4S/c1-12-6-7-16(13(2)8-12)17-11-27-19(20-17)21-18(23)10-26-15-5-3-4-14(9-15)22(24)25/h3-9,11H,10H2,1-2H3,(H,20,21,23). The maximum absolute atomic E-state index is 12.1. The summed E-state index contributed by atoms with van der Waals surface area (Å²) in [6, 6.07) is 11.8. The molecule has 0 atom stereocenters. The Kier molecular flexibility index (Phi) is 5.46. The van der Waals surface area contributed by atoms with Crippen molar-refractivity contribution in [2.24, 2.45) is 0 Å². The summed E-state index contributed by atoms with van der Waals surface area (Å²) >= 11 is 1.33. The Bertz CT molecular complexity index is 1000. The van der Waals surface area contributed by atoms with Crippen LogP contribution >= 0.6 is 11.3 Å². The number of hydrogen-bond acceptors (Lipinski definition) is 6. The van der Waals surface area contributed by atoms with Crippen LogP contribution in [0, 0.1) is 24.0 Å². The van der Waals surface area contributed by atoms with Crippen LogP contribution in [0.4, 0.5) is 10.8 Å². The van der Waals surface area contributed by atoms with E-state index < -0.39 is 4.92 Å². The summed E-state index contributed by atoms with van der Waals surface area (Å²) in [6.45, 7) is 3.79. The van der Waals surface area contributed by atoms with Crippen LogP contribution in [0.2, 0.25) is 0 Å². The zero-order valence-corrected chi connectivity index (χ0v) is 15.6. The smallest absolute Gasteiger partial charge is 0.273 e. The Hall–Kier alpha value is -3.26. The third-order valence-corrected chi connectivity index (χ3v) is 4.56. The number of amides is 1. The van der Waals surface area contributed by atoms with E-state index in [0.29, 0.717) is 5.13 Å². The first-order valence-corrected chi connectivity index (χ1v) is 9.00. The number of anilines is 1. The number of carbonyl (C=O) groups is 1. The molecule has 3 rings (SSSR count). The van der Waals surface area contributed by atoms with Crippen LogP contribution in [0.3, 0.4) is 0 Å². The van der Waals surface area contributed by atoms with Crippen LogP contribution in [-0.2, 0) is 4.79 Å². The lowest BCUT2D eigenvalue weighted by molar-refractivity contribution is -0.384. The molecule has 2 aromatic carbocycles. The summed E-state index contributed by atoms with van der Waals surface area (Å²) in [5.41, 5.74) is 4.02. The summed E-state index contributed by atoms with van der Waals surface area (Å²) in [6.07, 6.45) is 0. The van der Waals surface area contributed by atoms with Gasteiger partial charge < -0.3 is 4.74 Å². The summed E-state index contributed by atoms with van der Waals surface area (Å²) in [4.78, 5) is 26.7. The number of thiazole rings is 1. The van der Waals surface area contributed by atoms with Gasteiger partial charge in [0.25, 0.3) is 11.6 Å². The van der Waals surface area contributed by atoms with Crippen LogP contribution < -0.4 is 10.1 Å². The van der Waals surface area contributed by atoms with E-state index in [4.69, 9.17) is 4.74 Å². The van der Waals surface area contributed by atoms with E-state index in [9.17, 15) is 14.9 Å². The molecule has 3 aromatic rings. The van der Waals surface area contributed by atoms with E-state index in [2.05, 4.69) is 16.4 Å². The summed E-state index contributed by atoms with van der Waals surface area (Å²) in [5.74, 6) is -0.127. The topological polar surface area (TPSA) is 94.4 Å². The van der Waals surface area contributed by atoms with E-state index >= 15 is 0 Å². The first kappa shape index (κ1) is 18.5. The average Bonchev–Trinajstić information content (AvgIpc) is 3.08. The summed E-state index contributed by atoms with van der Waals surface area (Å²) in [5, 5.41) is 15.8. The number of carbonyl (C=O) groups excluding carboxylic acids is 1.